The van der Waals surface area contributed by atoms with Crippen molar-refractivity contribution in [3.05, 3.63) is 35.4 Å². The number of benzene rings is 1. The van der Waals surface area contributed by atoms with E-state index in [1.807, 2.05) is 0 Å². The Hall–Kier alpha value is -2.08. The summed E-state index contributed by atoms with van der Waals surface area (Å²) >= 11 is 0. The first-order valence-electron chi connectivity index (χ1n) is 5.14. The highest BCUT2D eigenvalue weighted by Gasteiger charge is 2.34. The van der Waals surface area contributed by atoms with E-state index in [0.717, 1.165) is 0 Å². The molecule has 3 heteroatoms. The van der Waals surface area contributed by atoms with Crippen LogP contribution in [0, 0.1) is 12.3 Å². The standard InChI is InChI=1S/C13H11NO2/c1-2-3-6-9-14-12(15)10-7-4-5-8-11(10)13(14)16/h1,4-5,7-8H,3,6,9H2. The first kappa shape index (κ1) is 10.4. The van der Waals surface area contributed by atoms with E-state index in [1.54, 1.807) is 24.3 Å². The van der Waals surface area contributed by atoms with E-state index < -0.39 is 0 Å². The zero-order valence-corrected chi connectivity index (χ0v) is 8.77. The fourth-order valence-corrected chi connectivity index (χ4v) is 1.78. The smallest absolute Gasteiger partial charge is 0.261 e. The largest absolute Gasteiger partial charge is 0.274 e. The van der Waals surface area contributed by atoms with Crippen molar-refractivity contribution >= 4 is 11.8 Å². The molecule has 1 aliphatic heterocycles. The highest BCUT2D eigenvalue weighted by Crippen LogP contribution is 2.22. The van der Waals surface area contributed by atoms with E-state index >= 15 is 0 Å². The lowest BCUT2D eigenvalue weighted by molar-refractivity contribution is 0.0653. The number of hydrogen-bond donors (Lipinski definition) is 0. The van der Waals surface area contributed by atoms with Crippen molar-refractivity contribution in [3.8, 4) is 12.3 Å². The molecule has 0 unspecified atom stereocenters. The molecule has 0 N–H and O–H groups in total. The van der Waals surface area contributed by atoms with E-state index in [0.29, 0.717) is 30.5 Å². The molecule has 0 spiro atoms. The molecule has 0 bridgehead atoms. The van der Waals surface area contributed by atoms with Gasteiger partial charge in [0.2, 0.25) is 0 Å². The molecule has 0 aliphatic carbocycles. The molecule has 0 radical (unpaired) electrons. The fraction of sp³-hybridized carbons (Fsp3) is 0.231. The van der Waals surface area contributed by atoms with Gasteiger partial charge in [-0.3, -0.25) is 14.5 Å². The van der Waals surface area contributed by atoms with Gasteiger partial charge in [-0.25, -0.2) is 0 Å². The summed E-state index contributed by atoms with van der Waals surface area (Å²) in [6.45, 7) is 0.399. The van der Waals surface area contributed by atoms with E-state index in [9.17, 15) is 9.59 Å². The summed E-state index contributed by atoms with van der Waals surface area (Å²) in [5, 5.41) is 0. The molecular weight excluding hydrogens is 202 g/mol. The van der Waals surface area contributed by atoms with Gasteiger partial charge in [-0.2, -0.15) is 0 Å². The molecule has 2 rings (SSSR count). The molecule has 0 saturated carbocycles. The second kappa shape index (κ2) is 4.19. The Morgan fingerprint density at radius 2 is 1.69 bits per heavy atom. The molecule has 0 fully saturated rings. The molecular formula is C13H11NO2. The van der Waals surface area contributed by atoms with E-state index in [4.69, 9.17) is 6.42 Å². The minimum Gasteiger partial charge on any atom is -0.274 e. The lowest BCUT2D eigenvalue weighted by Crippen LogP contribution is -2.30. The van der Waals surface area contributed by atoms with Gasteiger partial charge in [-0.05, 0) is 18.6 Å². The predicted octanol–water partition coefficient (Wildman–Crippen LogP) is 1.70. The molecule has 0 atom stereocenters. The molecule has 1 aromatic rings. The van der Waals surface area contributed by atoms with Crippen LogP contribution in [0.5, 0.6) is 0 Å². The molecule has 80 valence electrons. The number of terminal acetylenes is 1. The Kier molecular flexibility index (Phi) is 2.74. The maximum Gasteiger partial charge on any atom is 0.261 e. The number of imide groups is 1. The minimum absolute atomic E-state index is 0.211. The highest BCUT2D eigenvalue weighted by molar-refractivity contribution is 6.21. The Morgan fingerprint density at radius 1 is 1.12 bits per heavy atom. The second-order valence-electron chi connectivity index (χ2n) is 3.62. The van der Waals surface area contributed by atoms with Gasteiger partial charge in [0.25, 0.3) is 11.8 Å². The van der Waals surface area contributed by atoms with Crippen LogP contribution >= 0.6 is 0 Å². The van der Waals surface area contributed by atoms with Crippen molar-refractivity contribution < 1.29 is 9.59 Å². The number of nitrogens with zero attached hydrogens (tertiary/aromatic N) is 1. The van der Waals surface area contributed by atoms with Gasteiger partial charge in [0.15, 0.2) is 0 Å². The van der Waals surface area contributed by atoms with Crippen LogP contribution in [-0.4, -0.2) is 23.3 Å². The molecule has 1 aromatic carbocycles. The quantitative estimate of drug-likeness (QED) is 0.435. The molecule has 1 aliphatic rings. The Morgan fingerprint density at radius 3 is 2.19 bits per heavy atom. The van der Waals surface area contributed by atoms with Gasteiger partial charge in [0, 0.05) is 13.0 Å². The molecule has 3 nitrogen and oxygen atoms in total. The second-order valence-corrected chi connectivity index (χ2v) is 3.62. The first-order valence-corrected chi connectivity index (χ1v) is 5.14. The zero-order chi connectivity index (χ0) is 11.5. The van der Waals surface area contributed by atoms with Crippen LogP contribution in [0.1, 0.15) is 33.6 Å². The number of carbonyl (C=O) groups excluding carboxylic acids is 2. The van der Waals surface area contributed by atoms with Gasteiger partial charge in [-0.1, -0.05) is 12.1 Å². The number of carbonyl (C=O) groups is 2. The number of hydrogen-bond acceptors (Lipinski definition) is 2. The van der Waals surface area contributed by atoms with E-state index in [2.05, 4.69) is 5.92 Å². The summed E-state index contributed by atoms with van der Waals surface area (Å²) < 4.78 is 0. The summed E-state index contributed by atoms with van der Waals surface area (Å²) in [5.41, 5.74) is 0.987. The summed E-state index contributed by atoms with van der Waals surface area (Å²) in [6.07, 6.45) is 6.36. The van der Waals surface area contributed by atoms with Crippen LogP contribution < -0.4 is 0 Å². The Bertz CT molecular complexity index is 450. The lowest BCUT2D eigenvalue weighted by Gasteiger charge is -2.12. The number of fused-ring (bicyclic) bond motifs is 1. The minimum atomic E-state index is -0.211. The van der Waals surface area contributed by atoms with Crippen LogP contribution in [0.4, 0.5) is 0 Å². The van der Waals surface area contributed by atoms with Gasteiger partial charge in [0.05, 0.1) is 11.1 Å². The lowest BCUT2D eigenvalue weighted by atomic mass is 10.1. The topological polar surface area (TPSA) is 37.4 Å². The summed E-state index contributed by atoms with van der Waals surface area (Å²) in [4.78, 5) is 25.0. The number of amides is 2. The summed E-state index contributed by atoms with van der Waals surface area (Å²) in [5.74, 6) is 2.07. The average molecular weight is 213 g/mol. The molecule has 16 heavy (non-hydrogen) atoms. The van der Waals surface area contributed by atoms with Crippen molar-refractivity contribution in [1.29, 1.82) is 0 Å². The number of unbranched alkanes of at least 4 members (excludes halogenated alkanes) is 1. The SMILES string of the molecule is C#CCCCN1C(=O)c2ccccc2C1=O. The molecule has 1 heterocycles. The fourth-order valence-electron chi connectivity index (χ4n) is 1.78. The van der Waals surface area contributed by atoms with Crippen molar-refractivity contribution in [1.82, 2.24) is 4.90 Å². The van der Waals surface area contributed by atoms with Crippen LogP contribution in [-0.2, 0) is 0 Å². The maximum absolute atomic E-state index is 11.9. The third-order valence-corrected chi connectivity index (χ3v) is 2.58. The first-order chi connectivity index (χ1) is 7.75. The van der Waals surface area contributed by atoms with Crippen molar-refractivity contribution in [2.75, 3.05) is 6.54 Å². The van der Waals surface area contributed by atoms with Crippen LogP contribution in [0.25, 0.3) is 0 Å². The van der Waals surface area contributed by atoms with E-state index in [1.165, 1.54) is 4.90 Å². The zero-order valence-electron chi connectivity index (χ0n) is 8.77. The van der Waals surface area contributed by atoms with Gasteiger partial charge in [-0.15, -0.1) is 12.3 Å². The third-order valence-electron chi connectivity index (χ3n) is 2.58. The van der Waals surface area contributed by atoms with Crippen LogP contribution in [0.2, 0.25) is 0 Å². The van der Waals surface area contributed by atoms with Crippen molar-refractivity contribution in [2.45, 2.75) is 12.8 Å². The molecule has 2 amide bonds. The normalized spacial score (nSPS) is 13.8. The van der Waals surface area contributed by atoms with Gasteiger partial charge < -0.3 is 0 Å². The van der Waals surface area contributed by atoms with Crippen molar-refractivity contribution in [3.63, 3.8) is 0 Å². The molecule has 0 aromatic heterocycles. The predicted molar refractivity (Wildman–Crippen MR) is 59.9 cm³/mol. The highest BCUT2D eigenvalue weighted by atomic mass is 16.2. The van der Waals surface area contributed by atoms with Crippen LogP contribution in [0.3, 0.4) is 0 Å². The number of rotatable bonds is 3. The average Bonchev–Trinajstić information content (AvgIpc) is 2.55. The monoisotopic (exact) mass is 213 g/mol. The van der Waals surface area contributed by atoms with E-state index in [-0.39, 0.29) is 11.8 Å². The summed E-state index contributed by atoms with van der Waals surface area (Å²) in [6, 6.07) is 6.87. The molecule has 0 saturated heterocycles. The Balaban J connectivity index is 2.19. The van der Waals surface area contributed by atoms with Gasteiger partial charge >= 0.3 is 0 Å². The Labute approximate surface area is 94.1 Å². The van der Waals surface area contributed by atoms with Gasteiger partial charge in [0.1, 0.15) is 0 Å². The maximum atomic E-state index is 11.9. The van der Waals surface area contributed by atoms with Crippen molar-refractivity contribution in [2.24, 2.45) is 0 Å². The summed E-state index contributed by atoms with van der Waals surface area (Å²) in [7, 11) is 0. The van der Waals surface area contributed by atoms with Crippen LogP contribution in [0.15, 0.2) is 24.3 Å². The third kappa shape index (κ3) is 1.59.